The maximum absolute atomic E-state index is 14.8. The number of nitriles is 2. The smallest absolute Gasteiger partial charge is 0.246 e. The number of sulfonamides is 1. The summed E-state index contributed by atoms with van der Waals surface area (Å²) in [5.41, 5.74) is 16.2. The molecule has 0 aliphatic carbocycles. The maximum atomic E-state index is 14.8. The topological polar surface area (TPSA) is 214 Å². The number of aromatic nitrogens is 4. The first-order chi connectivity index (χ1) is 30.3. The number of hydrogen-bond donors (Lipinski definition) is 3. The minimum Gasteiger partial charge on any atom is -0.396 e. The predicted molar refractivity (Wildman–Crippen MR) is 243 cm³/mol. The van der Waals surface area contributed by atoms with Crippen LogP contribution in [-0.2, 0) is 45.7 Å². The highest BCUT2D eigenvalue weighted by molar-refractivity contribution is 7.89. The quantitative estimate of drug-likeness (QED) is 0.0828. The molecule has 2 aromatic carbocycles. The van der Waals surface area contributed by atoms with Crippen LogP contribution in [0, 0.1) is 22.7 Å². The Hall–Kier alpha value is -6.08. The SMILES string of the molecule is C=C1CCN(C(=O)C(CCn2cccc2C#N)NS(=O)(=O)c2cc(Cl)c(N)c(Cl)c2-c2cccc3c2ccn3C(CCn2cccc2C#N)C(=O)N2CCc3nc(N)sc3C2)CC1. The third-order valence-electron chi connectivity index (χ3n) is 11.8. The van der Waals surface area contributed by atoms with Crippen molar-refractivity contribution in [2.45, 2.75) is 68.7 Å². The molecule has 6 aromatic rings. The van der Waals surface area contributed by atoms with Crippen molar-refractivity contribution in [3.63, 3.8) is 0 Å². The molecule has 0 bridgehead atoms. The van der Waals surface area contributed by atoms with Crippen LogP contribution >= 0.6 is 34.5 Å². The summed E-state index contributed by atoms with van der Waals surface area (Å²) in [5, 5.41) is 20.2. The molecule has 63 heavy (non-hydrogen) atoms. The summed E-state index contributed by atoms with van der Waals surface area (Å²) in [7, 11) is -4.59. The fraction of sp³-hybridized carbons (Fsp3) is 0.295. The molecule has 1 saturated heterocycles. The number of thiazole rings is 1. The number of amides is 2. The second-order valence-corrected chi connectivity index (χ2v) is 19.2. The molecule has 19 heteroatoms. The third-order valence-corrected chi connectivity index (χ3v) is 14.9. The first kappa shape index (κ1) is 43.6. The standard InChI is InChI=1S/C44H43Cl2N11O4S2/c1-27-9-17-55(18-10-27)42(58)34(13-19-53-15-3-5-28(53)24-47)52-63(60,61)38-23-32(45)41(49)40(46)39(38)31-7-2-8-35-30(31)11-22-57(35)36(14-21-54-16-4-6-29(54)25-48)43(59)56-20-12-33-37(26-56)62-44(50)51-33/h2-8,11,15-16,22-23,34,36,52H,1,9-10,12-14,17-21,26,49H2,(H2,50,51). The van der Waals surface area contributed by atoms with Crippen LogP contribution in [-0.4, -0.2) is 74.4 Å². The van der Waals surface area contributed by atoms with E-state index in [0.29, 0.717) is 91.4 Å². The number of nitrogens with one attached hydrogen (secondary N) is 1. The fourth-order valence-corrected chi connectivity index (χ4v) is 11.5. The number of fused-ring (bicyclic) bond motifs is 2. The average molecular weight is 925 g/mol. The fourth-order valence-electron chi connectivity index (χ4n) is 8.45. The van der Waals surface area contributed by atoms with Crippen LogP contribution in [0.3, 0.4) is 0 Å². The van der Waals surface area contributed by atoms with Crippen molar-refractivity contribution in [2.75, 3.05) is 31.1 Å². The van der Waals surface area contributed by atoms with Crippen molar-refractivity contribution in [2.24, 2.45) is 0 Å². The lowest BCUT2D eigenvalue weighted by molar-refractivity contribution is -0.136. The van der Waals surface area contributed by atoms with E-state index in [2.05, 4.69) is 28.4 Å². The Balaban J connectivity index is 1.18. The number of halogens is 2. The zero-order chi connectivity index (χ0) is 44.6. The third kappa shape index (κ3) is 8.67. The van der Waals surface area contributed by atoms with Crippen molar-refractivity contribution >= 4 is 78.1 Å². The lowest BCUT2D eigenvalue weighted by Gasteiger charge is -2.32. The number of nitrogens with two attached hydrogens (primary N) is 2. The van der Waals surface area contributed by atoms with Gasteiger partial charge in [0.1, 0.15) is 35.6 Å². The maximum Gasteiger partial charge on any atom is 0.246 e. The Labute approximate surface area is 378 Å². The molecule has 2 aliphatic rings. The van der Waals surface area contributed by atoms with Gasteiger partial charge in [-0.15, -0.1) is 11.3 Å². The molecule has 2 atom stereocenters. The Morgan fingerprint density at radius 3 is 2.24 bits per heavy atom. The molecular formula is C44H43Cl2N11O4S2. The first-order valence-electron chi connectivity index (χ1n) is 20.3. The van der Waals surface area contributed by atoms with Gasteiger partial charge in [0.25, 0.3) is 0 Å². The Morgan fingerprint density at radius 2 is 1.56 bits per heavy atom. The van der Waals surface area contributed by atoms with E-state index < -0.39 is 28.0 Å². The number of aryl methyl sites for hydroxylation is 2. The van der Waals surface area contributed by atoms with Gasteiger partial charge in [-0.25, -0.2) is 13.4 Å². The van der Waals surface area contributed by atoms with Crippen LogP contribution in [0.15, 0.2) is 90.2 Å². The number of nitrogen functional groups attached to an aromatic ring is 2. The van der Waals surface area contributed by atoms with E-state index in [1.165, 1.54) is 17.4 Å². The van der Waals surface area contributed by atoms with Crippen LogP contribution in [0.2, 0.25) is 10.0 Å². The van der Waals surface area contributed by atoms with E-state index in [1.807, 2.05) is 10.6 Å². The number of piperidine rings is 1. The molecule has 0 saturated carbocycles. The number of anilines is 2. The molecule has 0 spiro atoms. The summed E-state index contributed by atoms with van der Waals surface area (Å²) in [6.45, 7) is 6.16. The minimum atomic E-state index is -4.59. The van der Waals surface area contributed by atoms with Gasteiger partial charge in [0.05, 0.1) is 32.9 Å². The van der Waals surface area contributed by atoms with Gasteiger partial charge in [0.2, 0.25) is 21.8 Å². The number of carbonyl (C=O) groups is 2. The summed E-state index contributed by atoms with van der Waals surface area (Å²) in [5.74, 6) is -0.552. The van der Waals surface area contributed by atoms with E-state index in [1.54, 1.807) is 80.0 Å². The second kappa shape index (κ2) is 18.0. The molecule has 2 unspecified atom stereocenters. The van der Waals surface area contributed by atoms with Crippen molar-refractivity contribution < 1.29 is 18.0 Å². The molecule has 4 aromatic heterocycles. The minimum absolute atomic E-state index is 0.0338. The summed E-state index contributed by atoms with van der Waals surface area (Å²) in [6.07, 6.45) is 7.39. The van der Waals surface area contributed by atoms with Gasteiger partial charge < -0.3 is 35.0 Å². The largest absolute Gasteiger partial charge is 0.396 e. The number of rotatable bonds is 13. The van der Waals surface area contributed by atoms with E-state index in [9.17, 15) is 28.5 Å². The van der Waals surface area contributed by atoms with E-state index >= 15 is 0 Å². The molecule has 2 amide bonds. The Kier molecular flexibility index (Phi) is 12.4. The highest BCUT2D eigenvalue weighted by Crippen LogP contribution is 2.45. The van der Waals surface area contributed by atoms with Crippen LogP contribution in [0.1, 0.15) is 53.7 Å². The van der Waals surface area contributed by atoms with Crippen molar-refractivity contribution in [3.05, 3.63) is 117 Å². The number of carbonyl (C=O) groups excluding carboxylic acids is 2. The van der Waals surface area contributed by atoms with Crippen molar-refractivity contribution in [1.82, 2.24) is 33.2 Å². The molecule has 324 valence electrons. The molecule has 15 nitrogen and oxygen atoms in total. The van der Waals surface area contributed by atoms with Gasteiger partial charge in [0.15, 0.2) is 5.13 Å². The number of likely N-dealkylation sites (tertiary alicyclic amines) is 1. The molecule has 2 aliphatic heterocycles. The molecular weight excluding hydrogens is 882 g/mol. The number of hydrogen-bond acceptors (Lipinski definition) is 10. The lowest BCUT2D eigenvalue weighted by atomic mass is 10.0. The van der Waals surface area contributed by atoms with Crippen molar-refractivity contribution in [1.29, 1.82) is 10.5 Å². The average Bonchev–Trinajstić information content (AvgIpc) is 4.10. The summed E-state index contributed by atoms with van der Waals surface area (Å²) < 4.78 is 37.7. The van der Waals surface area contributed by atoms with E-state index in [4.69, 9.17) is 34.7 Å². The van der Waals surface area contributed by atoms with Crippen LogP contribution in [0.25, 0.3) is 22.0 Å². The molecule has 1 fully saturated rings. The van der Waals surface area contributed by atoms with Crippen LogP contribution < -0.4 is 16.2 Å². The number of nitrogens with zero attached hydrogens (tertiary/aromatic N) is 8. The first-order valence-corrected chi connectivity index (χ1v) is 23.3. The highest BCUT2D eigenvalue weighted by Gasteiger charge is 2.35. The molecule has 5 N–H and O–H groups in total. The normalized spacial score (nSPS) is 15.2. The zero-order valence-electron chi connectivity index (χ0n) is 34.0. The zero-order valence-corrected chi connectivity index (χ0v) is 37.2. The van der Waals surface area contributed by atoms with E-state index in [0.717, 1.165) is 16.1 Å². The Bertz CT molecular complexity index is 2960. The molecule has 8 rings (SSSR count). The van der Waals surface area contributed by atoms with Gasteiger partial charge in [-0.2, -0.15) is 15.2 Å². The van der Waals surface area contributed by atoms with Gasteiger partial charge in [-0.05, 0) is 73.7 Å². The van der Waals surface area contributed by atoms with Gasteiger partial charge in [-0.1, -0.05) is 47.5 Å². The summed E-state index contributed by atoms with van der Waals surface area (Å²) in [4.78, 5) is 37.4. The van der Waals surface area contributed by atoms with Crippen LogP contribution in [0.5, 0.6) is 0 Å². The highest BCUT2D eigenvalue weighted by atomic mass is 35.5. The lowest BCUT2D eigenvalue weighted by Crippen LogP contribution is -2.50. The molecule has 0 radical (unpaired) electrons. The monoisotopic (exact) mass is 923 g/mol. The summed E-state index contributed by atoms with van der Waals surface area (Å²) >= 11 is 15.0. The second-order valence-electron chi connectivity index (χ2n) is 15.6. The van der Waals surface area contributed by atoms with Crippen LogP contribution in [0.4, 0.5) is 10.8 Å². The molecule has 6 heterocycles. The summed E-state index contributed by atoms with van der Waals surface area (Å²) in [6, 6.07) is 17.5. The van der Waals surface area contributed by atoms with Gasteiger partial charge in [0, 0.05) is 79.1 Å². The Morgan fingerprint density at radius 1 is 0.889 bits per heavy atom. The van der Waals surface area contributed by atoms with Gasteiger partial charge >= 0.3 is 0 Å². The number of benzene rings is 2. The van der Waals surface area contributed by atoms with E-state index in [-0.39, 0.29) is 45.1 Å². The van der Waals surface area contributed by atoms with Gasteiger partial charge in [-0.3, -0.25) is 9.59 Å². The predicted octanol–water partition coefficient (Wildman–Crippen LogP) is 6.71. The van der Waals surface area contributed by atoms with Crippen molar-refractivity contribution in [3.8, 4) is 23.3 Å².